The average Bonchev–Trinajstić information content (AvgIpc) is 2.26. The quantitative estimate of drug-likeness (QED) is 0.155. The molecule has 5 heteroatoms. The summed E-state index contributed by atoms with van der Waals surface area (Å²) in [5.74, 6) is 0.671. The number of aliphatic hydroxyl groups excluding tert-OH is 1. The lowest BCUT2D eigenvalue weighted by atomic mass is 10.1. The minimum Gasteiger partial charge on any atom is -0.409 e. The van der Waals surface area contributed by atoms with E-state index in [1.807, 2.05) is 13.8 Å². The van der Waals surface area contributed by atoms with Crippen molar-refractivity contribution < 1.29 is 10.3 Å². The third kappa shape index (κ3) is 7.16. The number of nitrogens with zero attached hydrogens (tertiary/aromatic N) is 1. The van der Waals surface area contributed by atoms with E-state index in [-0.39, 0.29) is 18.4 Å². The van der Waals surface area contributed by atoms with Gasteiger partial charge in [0.05, 0.1) is 0 Å². The van der Waals surface area contributed by atoms with Crippen molar-refractivity contribution in [1.29, 1.82) is 0 Å². The number of amidine groups is 1. The number of aliphatic hydroxyl groups is 1. The molecule has 0 aromatic heterocycles. The van der Waals surface area contributed by atoms with E-state index in [4.69, 9.17) is 16.0 Å². The van der Waals surface area contributed by atoms with Crippen LogP contribution in [0.15, 0.2) is 5.16 Å². The van der Waals surface area contributed by atoms with Crippen LogP contribution in [0.25, 0.3) is 0 Å². The number of nitrogens with one attached hydrogen (secondary N) is 1. The fraction of sp³-hybridized carbons (Fsp3) is 0.900. The molecule has 2 unspecified atom stereocenters. The average molecular weight is 217 g/mol. The Kier molecular flexibility index (Phi) is 8.04. The van der Waals surface area contributed by atoms with Gasteiger partial charge in [-0.05, 0) is 25.3 Å². The highest BCUT2D eigenvalue weighted by molar-refractivity contribution is 5.82. The molecule has 0 bridgehead atoms. The van der Waals surface area contributed by atoms with E-state index in [9.17, 15) is 0 Å². The Morgan fingerprint density at radius 2 is 2.13 bits per heavy atom. The smallest absolute Gasteiger partial charge is 0.143 e. The van der Waals surface area contributed by atoms with Crippen LogP contribution in [-0.4, -0.2) is 35.8 Å². The summed E-state index contributed by atoms with van der Waals surface area (Å²) in [6, 6.07) is 0. The highest BCUT2D eigenvalue weighted by atomic mass is 16.4. The van der Waals surface area contributed by atoms with Gasteiger partial charge in [-0.2, -0.15) is 0 Å². The Balaban J connectivity index is 3.39. The topological polar surface area (TPSA) is 90.9 Å². The first-order valence-electron chi connectivity index (χ1n) is 5.40. The number of oxime groups is 1. The third-order valence-corrected chi connectivity index (χ3v) is 2.43. The van der Waals surface area contributed by atoms with Crippen LogP contribution in [0.1, 0.15) is 26.7 Å². The van der Waals surface area contributed by atoms with Crippen LogP contribution < -0.4 is 11.1 Å². The van der Waals surface area contributed by atoms with Gasteiger partial charge >= 0.3 is 0 Å². The van der Waals surface area contributed by atoms with E-state index in [1.165, 1.54) is 0 Å². The van der Waals surface area contributed by atoms with Gasteiger partial charge in [0, 0.05) is 19.1 Å². The van der Waals surface area contributed by atoms with Crippen LogP contribution in [0.4, 0.5) is 0 Å². The van der Waals surface area contributed by atoms with Gasteiger partial charge in [0.1, 0.15) is 5.84 Å². The summed E-state index contributed by atoms with van der Waals surface area (Å²) in [5.41, 5.74) is 5.43. The SMILES string of the molecule is CC(CO)CCCNCC(C)C(N)=NO. The first kappa shape index (κ1) is 14.2. The van der Waals surface area contributed by atoms with E-state index in [2.05, 4.69) is 10.5 Å². The Morgan fingerprint density at radius 3 is 2.67 bits per heavy atom. The van der Waals surface area contributed by atoms with E-state index < -0.39 is 0 Å². The monoisotopic (exact) mass is 217 g/mol. The van der Waals surface area contributed by atoms with Crippen LogP contribution in [0.5, 0.6) is 0 Å². The Morgan fingerprint density at radius 1 is 1.47 bits per heavy atom. The van der Waals surface area contributed by atoms with Gasteiger partial charge in [-0.3, -0.25) is 0 Å². The van der Waals surface area contributed by atoms with Gasteiger partial charge < -0.3 is 21.4 Å². The zero-order valence-corrected chi connectivity index (χ0v) is 9.61. The number of rotatable bonds is 8. The molecule has 90 valence electrons. The van der Waals surface area contributed by atoms with Gasteiger partial charge in [-0.25, -0.2) is 0 Å². The van der Waals surface area contributed by atoms with Crippen molar-refractivity contribution in [2.45, 2.75) is 26.7 Å². The molecule has 0 aliphatic carbocycles. The number of hydrogen-bond donors (Lipinski definition) is 4. The summed E-state index contributed by atoms with van der Waals surface area (Å²) < 4.78 is 0. The maximum Gasteiger partial charge on any atom is 0.143 e. The van der Waals surface area contributed by atoms with Crippen LogP contribution in [0.3, 0.4) is 0 Å². The van der Waals surface area contributed by atoms with Crippen molar-refractivity contribution in [3.8, 4) is 0 Å². The van der Waals surface area contributed by atoms with Crippen LogP contribution in [0.2, 0.25) is 0 Å². The molecule has 0 aromatic carbocycles. The molecule has 0 amide bonds. The van der Waals surface area contributed by atoms with Gasteiger partial charge in [0.25, 0.3) is 0 Å². The summed E-state index contributed by atoms with van der Waals surface area (Å²) in [6.07, 6.45) is 2.05. The molecule has 5 nitrogen and oxygen atoms in total. The second-order valence-electron chi connectivity index (χ2n) is 4.06. The lowest BCUT2D eigenvalue weighted by Gasteiger charge is -2.11. The minimum atomic E-state index is 0.0465. The second kappa shape index (κ2) is 8.49. The second-order valence-corrected chi connectivity index (χ2v) is 4.06. The fourth-order valence-electron chi connectivity index (χ4n) is 1.19. The molecular formula is C10H23N3O2. The first-order chi connectivity index (χ1) is 7.11. The van der Waals surface area contributed by atoms with E-state index in [0.717, 1.165) is 19.4 Å². The minimum absolute atomic E-state index is 0.0465. The third-order valence-electron chi connectivity index (χ3n) is 2.43. The van der Waals surface area contributed by atoms with Crippen molar-refractivity contribution in [2.75, 3.05) is 19.7 Å². The van der Waals surface area contributed by atoms with Crippen molar-refractivity contribution in [1.82, 2.24) is 5.32 Å². The zero-order chi connectivity index (χ0) is 11.7. The largest absolute Gasteiger partial charge is 0.409 e. The van der Waals surface area contributed by atoms with Crippen LogP contribution >= 0.6 is 0 Å². The predicted molar refractivity (Wildman–Crippen MR) is 60.9 cm³/mol. The van der Waals surface area contributed by atoms with Crippen LogP contribution in [0, 0.1) is 11.8 Å². The molecule has 0 spiro atoms. The van der Waals surface area contributed by atoms with Crippen molar-refractivity contribution in [3.63, 3.8) is 0 Å². The summed E-state index contributed by atoms with van der Waals surface area (Å²) >= 11 is 0. The van der Waals surface area contributed by atoms with E-state index >= 15 is 0 Å². The molecule has 0 heterocycles. The highest BCUT2D eigenvalue weighted by Crippen LogP contribution is 2.02. The molecule has 0 aliphatic heterocycles. The van der Waals surface area contributed by atoms with Gasteiger partial charge in [-0.15, -0.1) is 0 Å². The Bertz CT molecular complexity index is 186. The fourth-order valence-corrected chi connectivity index (χ4v) is 1.19. The maximum atomic E-state index is 8.80. The predicted octanol–water partition coefficient (Wildman–Crippen LogP) is 0.367. The summed E-state index contributed by atoms with van der Waals surface area (Å²) in [4.78, 5) is 0. The molecule has 0 aromatic rings. The molecule has 0 saturated heterocycles. The summed E-state index contributed by atoms with van der Waals surface area (Å²) in [5, 5.41) is 23.4. The summed E-state index contributed by atoms with van der Waals surface area (Å²) in [6.45, 7) is 5.79. The standard InChI is InChI=1S/C10H23N3O2/c1-8(7-14)4-3-5-12-6-9(2)10(11)13-15/h8-9,12,14-15H,3-7H2,1-2H3,(H2,11,13). The molecule has 2 atom stereocenters. The van der Waals surface area contributed by atoms with Crippen molar-refractivity contribution >= 4 is 5.84 Å². The first-order valence-corrected chi connectivity index (χ1v) is 5.40. The Labute approximate surface area is 91.4 Å². The summed E-state index contributed by atoms with van der Waals surface area (Å²) in [7, 11) is 0. The zero-order valence-electron chi connectivity index (χ0n) is 9.61. The molecule has 0 aliphatic rings. The molecule has 15 heavy (non-hydrogen) atoms. The molecule has 5 N–H and O–H groups in total. The van der Waals surface area contributed by atoms with Crippen molar-refractivity contribution in [3.05, 3.63) is 0 Å². The molecular weight excluding hydrogens is 194 g/mol. The van der Waals surface area contributed by atoms with Crippen molar-refractivity contribution in [2.24, 2.45) is 22.7 Å². The van der Waals surface area contributed by atoms with Gasteiger partial charge in [0.2, 0.25) is 0 Å². The molecule has 0 radical (unpaired) electrons. The van der Waals surface area contributed by atoms with E-state index in [0.29, 0.717) is 12.5 Å². The normalized spacial score (nSPS) is 16.3. The highest BCUT2D eigenvalue weighted by Gasteiger charge is 2.06. The maximum absolute atomic E-state index is 8.80. The van der Waals surface area contributed by atoms with Gasteiger partial charge in [0.15, 0.2) is 0 Å². The number of hydrogen-bond acceptors (Lipinski definition) is 4. The molecule has 0 fully saturated rings. The lowest BCUT2D eigenvalue weighted by Crippen LogP contribution is -2.31. The molecule has 0 rings (SSSR count). The molecule has 0 saturated carbocycles. The number of nitrogens with two attached hydrogens (primary N) is 1. The van der Waals surface area contributed by atoms with Gasteiger partial charge in [-0.1, -0.05) is 19.0 Å². The lowest BCUT2D eigenvalue weighted by molar-refractivity contribution is 0.228. The Hall–Kier alpha value is -0.810. The van der Waals surface area contributed by atoms with Crippen LogP contribution in [-0.2, 0) is 0 Å². The van der Waals surface area contributed by atoms with E-state index in [1.54, 1.807) is 0 Å².